The average Bonchev–Trinajstić information content (AvgIpc) is 2.69. The van der Waals surface area contributed by atoms with Crippen molar-refractivity contribution in [2.75, 3.05) is 11.5 Å². The van der Waals surface area contributed by atoms with Crippen molar-refractivity contribution in [2.24, 2.45) is 0 Å². The Balaban J connectivity index is 2.28. The Bertz CT molecular complexity index is 391. The number of carboxylic acids is 1. The number of thioether (sulfide) groups is 1. The SMILES string of the molecule is O=C(O)c1ccc(C2CCSC2)nc1Cl. The van der Waals surface area contributed by atoms with Gasteiger partial charge in [-0.3, -0.25) is 0 Å². The summed E-state index contributed by atoms with van der Waals surface area (Å²) < 4.78 is 0. The van der Waals surface area contributed by atoms with E-state index in [9.17, 15) is 4.79 Å². The number of hydrogen-bond donors (Lipinski definition) is 1. The van der Waals surface area contributed by atoms with Gasteiger partial charge >= 0.3 is 5.97 Å². The Morgan fingerprint density at radius 1 is 1.60 bits per heavy atom. The molecule has 1 N–H and O–H groups in total. The first-order valence-electron chi connectivity index (χ1n) is 4.66. The van der Waals surface area contributed by atoms with Crippen LogP contribution < -0.4 is 0 Å². The first kappa shape index (κ1) is 10.8. The van der Waals surface area contributed by atoms with Crippen LogP contribution in [0.2, 0.25) is 5.15 Å². The van der Waals surface area contributed by atoms with E-state index in [-0.39, 0.29) is 10.7 Å². The molecule has 1 fully saturated rings. The summed E-state index contributed by atoms with van der Waals surface area (Å²) >= 11 is 7.70. The van der Waals surface area contributed by atoms with Crippen molar-refractivity contribution in [2.45, 2.75) is 12.3 Å². The van der Waals surface area contributed by atoms with Crippen LogP contribution in [0.5, 0.6) is 0 Å². The lowest BCUT2D eigenvalue weighted by molar-refractivity contribution is 0.0696. The van der Waals surface area contributed by atoms with Crippen LogP contribution in [0.25, 0.3) is 0 Å². The Morgan fingerprint density at radius 3 is 2.93 bits per heavy atom. The van der Waals surface area contributed by atoms with E-state index in [1.807, 2.05) is 11.8 Å². The van der Waals surface area contributed by atoms with Gasteiger partial charge in [0.15, 0.2) is 0 Å². The lowest BCUT2D eigenvalue weighted by atomic mass is 10.0. The molecular weight excluding hydrogens is 234 g/mol. The third kappa shape index (κ3) is 2.26. The third-order valence-corrected chi connectivity index (χ3v) is 3.90. The van der Waals surface area contributed by atoms with E-state index >= 15 is 0 Å². The van der Waals surface area contributed by atoms with Gasteiger partial charge in [0.05, 0.1) is 5.56 Å². The summed E-state index contributed by atoms with van der Waals surface area (Å²) in [5.41, 5.74) is 0.987. The highest BCUT2D eigenvalue weighted by atomic mass is 35.5. The van der Waals surface area contributed by atoms with Crippen molar-refractivity contribution in [3.8, 4) is 0 Å². The molecule has 1 aromatic heterocycles. The molecule has 0 aliphatic carbocycles. The van der Waals surface area contributed by atoms with Gasteiger partial charge in [0, 0.05) is 17.4 Å². The van der Waals surface area contributed by atoms with Crippen LogP contribution in [0.1, 0.15) is 28.4 Å². The fourth-order valence-corrected chi connectivity index (χ4v) is 3.08. The highest BCUT2D eigenvalue weighted by Crippen LogP contribution is 2.32. The van der Waals surface area contributed by atoms with Gasteiger partial charge in [-0.15, -0.1) is 0 Å². The molecule has 1 aliphatic rings. The number of aromatic carboxylic acids is 1. The number of carboxylic acid groups (broad SMARTS) is 1. The molecule has 1 saturated heterocycles. The van der Waals surface area contributed by atoms with Gasteiger partial charge in [0.1, 0.15) is 5.15 Å². The molecule has 5 heteroatoms. The highest BCUT2D eigenvalue weighted by molar-refractivity contribution is 7.99. The summed E-state index contributed by atoms with van der Waals surface area (Å²) in [6.07, 6.45) is 1.10. The molecule has 80 valence electrons. The monoisotopic (exact) mass is 243 g/mol. The Morgan fingerprint density at radius 2 is 2.40 bits per heavy atom. The minimum atomic E-state index is -1.03. The van der Waals surface area contributed by atoms with E-state index in [4.69, 9.17) is 16.7 Å². The number of rotatable bonds is 2. The second kappa shape index (κ2) is 4.41. The molecule has 0 saturated carbocycles. The molecule has 1 aromatic rings. The Labute approximate surface area is 96.9 Å². The van der Waals surface area contributed by atoms with Crippen LogP contribution in [-0.2, 0) is 0 Å². The molecule has 0 radical (unpaired) electrons. The molecule has 0 aromatic carbocycles. The van der Waals surface area contributed by atoms with Crippen LogP contribution in [0.15, 0.2) is 12.1 Å². The Hall–Kier alpha value is -0.740. The second-order valence-corrected chi connectivity index (χ2v) is 4.95. The first-order valence-corrected chi connectivity index (χ1v) is 6.19. The van der Waals surface area contributed by atoms with Crippen LogP contribution >= 0.6 is 23.4 Å². The molecule has 2 rings (SSSR count). The van der Waals surface area contributed by atoms with Gasteiger partial charge in [-0.2, -0.15) is 11.8 Å². The number of aromatic nitrogens is 1. The van der Waals surface area contributed by atoms with Gasteiger partial charge < -0.3 is 5.11 Å². The van der Waals surface area contributed by atoms with Gasteiger partial charge in [-0.1, -0.05) is 11.6 Å². The Kier molecular flexibility index (Phi) is 3.17. The summed E-state index contributed by atoms with van der Waals surface area (Å²) in [6.45, 7) is 0. The van der Waals surface area contributed by atoms with Crippen LogP contribution in [0, 0.1) is 0 Å². The molecule has 1 atom stereocenters. The standard InChI is InChI=1S/C10H10ClNO2S/c11-9-7(10(13)14)1-2-8(12-9)6-3-4-15-5-6/h1-2,6H,3-5H2,(H,13,14). The zero-order chi connectivity index (χ0) is 10.8. The highest BCUT2D eigenvalue weighted by Gasteiger charge is 2.20. The zero-order valence-corrected chi connectivity index (χ0v) is 9.51. The quantitative estimate of drug-likeness (QED) is 0.812. The maximum Gasteiger partial charge on any atom is 0.338 e. The van der Waals surface area contributed by atoms with Crippen molar-refractivity contribution in [1.29, 1.82) is 0 Å². The molecule has 0 spiro atoms. The van der Waals surface area contributed by atoms with Gasteiger partial charge in [0.2, 0.25) is 0 Å². The fourth-order valence-electron chi connectivity index (χ4n) is 1.60. The van der Waals surface area contributed by atoms with E-state index in [2.05, 4.69) is 4.98 Å². The van der Waals surface area contributed by atoms with Crippen LogP contribution in [0.4, 0.5) is 0 Å². The molecule has 0 amide bonds. The first-order chi connectivity index (χ1) is 7.18. The van der Waals surface area contributed by atoms with Crippen LogP contribution in [-0.4, -0.2) is 27.6 Å². The summed E-state index contributed by atoms with van der Waals surface area (Å²) in [7, 11) is 0. The predicted octanol–water partition coefficient (Wildman–Crippen LogP) is 2.65. The van der Waals surface area contributed by atoms with Gasteiger partial charge in [-0.25, -0.2) is 9.78 Å². The largest absolute Gasteiger partial charge is 0.478 e. The van der Waals surface area contributed by atoms with Crippen molar-refractivity contribution >= 4 is 29.3 Å². The topological polar surface area (TPSA) is 50.2 Å². The van der Waals surface area contributed by atoms with E-state index in [1.54, 1.807) is 6.07 Å². The predicted molar refractivity (Wildman–Crippen MR) is 60.9 cm³/mol. The average molecular weight is 244 g/mol. The van der Waals surface area contributed by atoms with E-state index in [1.165, 1.54) is 6.07 Å². The summed E-state index contributed by atoms with van der Waals surface area (Å²) in [6, 6.07) is 3.31. The molecule has 0 bridgehead atoms. The van der Waals surface area contributed by atoms with Crippen molar-refractivity contribution in [3.63, 3.8) is 0 Å². The number of halogens is 1. The lowest BCUT2D eigenvalue weighted by Gasteiger charge is -2.08. The molecule has 1 aliphatic heterocycles. The minimum Gasteiger partial charge on any atom is -0.478 e. The number of hydrogen-bond acceptors (Lipinski definition) is 3. The molecule has 2 heterocycles. The summed E-state index contributed by atoms with van der Waals surface area (Å²) in [5, 5.41) is 8.89. The maximum absolute atomic E-state index is 10.7. The fraction of sp³-hybridized carbons (Fsp3) is 0.400. The van der Waals surface area contributed by atoms with Crippen molar-refractivity contribution in [1.82, 2.24) is 4.98 Å². The van der Waals surface area contributed by atoms with E-state index in [0.29, 0.717) is 5.92 Å². The normalized spacial score (nSPS) is 20.5. The maximum atomic E-state index is 10.7. The van der Waals surface area contributed by atoms with Gasteiger partial charge in [-0.05, 0) is 24.3 Å². The van der Waals surface area contributed by atoms with Crippen molar-refractivity contribution < 1.29 is 9.90 Å². The number of carbonyl (C=O) groups is 1. The van der Waals surface area contributed by atoms with Crippen molar-refractivity contribution in [3.05, 3.63) is 28.5 Å². The van der Waals surface area contributed by atoms with Gasteiger partial charge in [0.25, 0.3) is 0 Å². The smallest absolute Gasteiger partial charge is 0.338 e. The molecule has 1 unspecified atom stereocenters. The number of nitrogens with zero attached hydrogens (tertiary/aromatic N) is 1. The lowest BCUT2D eigenvalue weighted by Crippen LogP contribution is -2.04. The van der Waals surface area contributed by atoms with E-state index < -0.39 is 5.97 Å². The third-order valence-electron chi connectivity index (χ3n) is 2.45. The van der Waals surface area contributed by atoms with Crippen LogP contribution in [0.3, 0.4) is 0 Å². The summed E-state index contributed by atoms with van der Waals surface area (Å²) in [4.78, 5) is 14.9. The summed E-state index contributed by atoms with van der Waals surface area (Å²) in [5.74, 6) is 1.59. The minimum absolute atomic E-state index is 0.0751. The molecule has 15 heavy (non-hydrogen) atoms. The molecule has 3 nitrogen and oxygen atoms in total. The molecular formula is C10H10ClNO2S. The zero-order valence-electron chi connectivity index (χ0n) is 7.94. The van der Waals surface area contributed by atoms with E-state index in [0.717, 1.165) is 23.6 Å². The number of pyridine rings is 1. The second-order valence-electron chi connectivity index (χ2n) is 3.44.